The Morgan fingerprint density at radius 3 is 0.857 bits per heavy atom. The fraction of sp³-hybridized carbons (Fsp3) is 0.667. The van der Waals surface area contributed by atoms with Crippen LogP contribution in [0.25, 0.3) is 0 Å². The third-order valence-electron chi connectivity index (χ3n) is 2.78. The highest BCUT2D eigenvalue weighted by Crippen LogP contribution is 1.94. The molecule has 0 heterocycles. The molecular formula is C12H28N8O8. The third kappa shape index (κ3) is 21.6. The summed E-state index contributed by atoms with van der Waals surface area (Å²) in [6.07, 6.45) is 0. The molecule has 0 aromatic heterocycles. The molecule has 16 heteroatoms. The van der Waals surface area contributed by atoms with Crippen LogP contribution < -0.4 is 23.4 Å². The summed E-state index contributed by atoms with van der Waals surface area (Å²) in [7, 11) is 0. The van der Waals surface area contributed by atoms with Gasteiger partial charge in [-0.3, -0.25) is 52.3 Å². The average molecular weight is 412 g/mol. The minimum atomic E-state index is -1.23. The van der Waals surface area contributed by atoms with Gasteiger partial charge in [0.15, 0.2) is 0 Å². The molecule has 12 N–H and O–H groups in total. The van der Waals surface area contributed by atoms with Gasteiger partial charge in [-0.25, -0.2) is 0 Å². The summed E-state index contributed by atoms with van der Waals surface area (Å²) in [6, 6.07) is 0. The van der Waals surface area contributed by atoms with Crippen LogP contribution in [0.2, 0.25) is 0 Å². The maximum Gasteiger partial charge on any atom is 0.317 e. The first-order valence-corrected chi connectivity index (χ1v) is 7.69. The summed E-state index contributed by atoms with van der Waals surface area (Å²) in [6.45, 7) is -1.35. The van der Waals surface area contributed by atoms with E-state index in [2.05, 4.69) is 0 Å². The van der Waals surface area contributed by atoms with Crippen molar-refractivity contribution in [2.75, 3.05) is 52.4 Å². The van der Waals surface area contributed by atoms with Gasteiger partial charge in [0.2, 0.25) is 0 Å². The van der Waals surface area contributed by atoms with E-state index in [1.165, 1.54) is 0 Å². The number of hydrogen-bond acceptors (Lipinski definition) is 12. The summed E-state index contributed by atoms with van der Waals surface area (Å²) in [4.78, 5) is 44.4. The molecule has 0 unspecified atom stereocenters. The van der Waals surface area contributed by atoms with Gasteiger partial charge in [0.05, 0.1) is 26.2 Å². The first-order chi connectivity index (χ1) is 12.8. The number of carbonyl (C=O) groups is 4. The van der Waals surface area contributed by atoms with E-state index in [0.29, 0.717) is 13.1 Å². The van der Waals surface area contributed by atoms with Gasteiger partial charge in [-0.05, 0) is 0 Å². The lowest BCUT2D eigenvalue weighted by molar-refractivity contribution is -0.145. The van der Waals surface area contributed by atoms with Crippen LogP contribution in [-0.2, 0) is 19.2 Å². The Hall–Kier alpha value is -2.44. The number of hydrogen-bond donors (Lipinski definition) is 8. The lowest BCUT2D eigenvalue weighted by Gasteiger charge is -2.23. The number of nitrogens with two attached hydrogens (primary N) is 4. The minimum Gasteiger partial charge on any atom is -0.480 e. The average Bonchev–Trinajstić information content (AvgIpc) is 2.48. The molecule has 0 fully saturated rings. The summed E-state index contributed by atoms with van der Waals surface area (Å²) in [5.74, 6) is 15.1. The molecule has 0 radical (unpaired) electrons. The zero-order valence-corrected chi connectivity index (χ0v) is 15.2. The molecule has 0 aromatic rings. The lowest BCUT2D eigenvalue weighted by Crippen LogP contribution is -2.48. The van der Waals surface area contributed by atoms with Crippen molar-refractivity contribution in [1.82, 2.24) is 20.0 Å². The third-order valence-corrected chi connectivity index (χ3v) is 2.78. The van der Waals surface area contributed by atoms with Gasteiger partial charge in [0.25, 0.3) is 0 Å². The second-order valence-corrected chi connectivity index (χ2v) is 5.47. The van der Waals surface area contributed by atoms with Gasteiger partial charge in [-0.1, -0.05) is 0 Å². The van der Waals surface area contributed by atoms with Gasteiger partial charge >= 0.3 is 23.9 Å². The van der Waals surface area contributed by atoms with Gasteiger partial charge < -0.3 is 20.4 Å². The van der Waals surface area contributed by atoms with Crippen molar-refractivity contribution in [3.8, 4) is 0 Å². The van der Waals surface area contributed by atoms with Crippen LogP contribution in [0.4, 0.5) is 0 Å². The zero-order chi connectivity index (χ0) is 22.3. The molecule has 0 atom stereocenters. The molecule has 0 spiro atoms. The number of hydrazine groups is 4. The van der Waals surface area contributed by atoms with E-state index >= 15 is 0 Å². The van der Waals surface area contributed by atoms with E-state index < -0.39 is 50.1 Å². The molecular weight excluding hydrogens is 384 g/mol. The summed E-state index contributed by atoms with van der Waals surface area (Å²) < 4.78 is 0. The Labute approximate surface area is 160 Å². The highest BCUT2D eigenvalue weighted by molar-refractivity contribution is 5.73. The summed E-state index contributed by atoms with van der Waals surface area (Å²) in [5.41, 5.74) is 0. The zero-order valence-electron chi connectivity index (χ0n) is 15.2. The number of carboxylic acid groups (broad SMARTS) is 4. The predicted octanol–water partition coefficient (Wildman–Crippen LogP) is -4.99. The van der Waals surface area contributed by atoms with Crippen LogP contribution in [0.1, 0.15) is 0 Å². The minimum absolute atomic E-state index is 0.0703. The standard InChI is InChI=1S/C10H16N2O8.C2H12N6/c13-7(14)3-11(4-8(15)16)1-2-12(5-9(17)18)6-10(19)20;3-7(4)1-2-8(5)6/h1-6H2,(H,13,14)(H,15,16)(H,17,18)(H,19,20);1-6H2. The van der Waals surface area contributed by atoms with Crippen LogP contribution in [0, 0.1) is 0 Å². The number of aliphatic carboxylic acids is 4. The first-order valence-electron chi connectivity index (χ1n) is 7.69. The highest BCUT2D eigenvalue weighted by atomic mass is 16.4. The van der Waals surface area contributed by atoms with Crippen molar-refractivity contribution >= 4 is 23.9 Å². The second-order valence-electron chi connectivity index (χ2n) is 5.47. The molecule has 0 aliphatic rings. The van der Waals surface area contributed by atoms with Crippen molar-refractivity contribution < 1.29 is 39.6 Å². The number of nitrogens with zero attached hydrogens (tertiary/aromatic N) is 4. The second kappa shape index (κ2) is 15.6. The van der Waals surface area contributed by atoms with Crippen molar-refractivity contribution in [2.45, 2.75) is 0 Å². The maximum atomic E-state index is 10.6. The van der Waals surface area contributed by atoms with Crippen LogP contribution in [0.15, 0.2) is 0 Å². The largest absolute Gasteiger partial charge is 0.480 e. The van der Waals surface area contributed by atoms with Gasteiger partial charge in [-0.15, -0.1) is 0 Å². The molecule has 0 saturated heterocycles. The fourth-order valence-corrected chi connectivity index (χ4v) is 1.71. The van der Waals surface area contributed by atoms with Crippen molar-refractivity contribution in [1.29, 1.82) is 0 Å². The summed E-state index contributed by atoms with van der Waals surface area (Å²) in [5, 5.41) is 36.5. The molecule has 0 aliphatic heterocycles. The van der Waals surface area contributed by atoms with Crippen molar-refractivity contribution in [3.63, 3.8) is 0 Å². The SMILES string of the molecule is NN(N)CCN(N)N.O=C(O)CN(CCN(CC(=O)O)CC(=O)O)CC(=O)O. The van der Waals surface area contributed by atoms with Gasteiger partial charge in [0, 0.05) is 26.2 Å². The van der Waals surface area contributed by atoms with E-state index in [-0.39, 0.29) is 13.1 Å². The van der Waals surface area contributed by atoms with Gasteiger partial charge in [0.1, 0.15) is 0 Å². The Kier molecular flexibility index (Phi) is 15.5. The van der Waals surface area contributed by atoms with Crippen LogP contribution in [0.5, 0.6) is 0 Å². The molecule has 0 rings (SSSR count). The van der Waals surface area contributed by atoms with Crippen molar-refractivity contribution in [2.24, 2.45) is 23.4 Å². The normalized spacial score (nSPS) is 10.9. The molecule has 0 aliphatic carbocycles. The topological polar surface area (TPSA) is 266 Å². The Morgan fingerprint density at radius 1 is 0.500 bits per heavy atom. The number of rotatable bonds is 14. The van der Waals surface area contributed by atoms with Crippen LogP contribution in [0.3, 0.4) is 0 Å². The Balaban J connectivity index is 0. The fourth-order valence-electron chi connectivity index (χ4n) is 1.71. The smallest absolute Gasteiger partial charge is 0.317 e. The van der Waals surface area contributed by atoms with Crippen LogP contribution in [-0.4, -0.2) is 117 Å². The molecule has 0 aromatic carbocycles. The van der Waals surface area contributed by atoms with E-state index in [4.69, 9.17) is 43.8 Å². The molecule has 0 bridgehead atoms. The van der Waals surface area contributed by atoms with E-state index in [9.17, 15) is 19.2 Å². The van der Waals surface area contributed by atoms with Crippen molar-refractivity contribution in [3.05, 3.63) is 0 Å². The molecule has 164 valence electrons. The summed E-state index contributed by atoms with van der Waals surface area (Å²) >= 11 is 0. The highest BCUT2D eigenvalue weighted by Gasteiger charge is 2.17. The first kappa shape index (κ1) is 27.8. The van der Waals surface area contributed by atoms with E-state index in [0.717, 1.165) is 20.0 Å². The Bertz CT molecular complexity index is 428. The predicted molar refractivity (Wildman–Crippen MR) is 93.6 cm³/mol. The lowest BCUT2D eigenvalue weighted by atomic mass is 10.4. The maximum absolute atomic E-state index is 10.6. The monoisotopic (exact) mass is 412 g/mol. The number of carboxylic acids is 4. The van der Waals surface area contributed by atoms with E-state index in [1.54, 1.807) is 0 Å². The quantitative estimate of drug-likeness (QED) is 0.0979. The molecule has 28 heavy (non-hydrogen) atoms. The Morgan fingerprint density at radius 2 is 0.714 bits per heavy atom. The van der Waals surface area contributed by atoms with Gasteiger partial charge in [-0.2, -0.15) is 10.2 Å². The molecule has 0 amide bonds. The van der Waals surface area contributed by atoms with Crippen LogP contribution >= 0.6 is 0 Å². The molecule has 16 nitrogen and oxygen atoms in total. The molecule has 0 saturated carbocycles. The van der Waals surface area contributed by atoms with E-state index in [1.807, 2.05) is 0 Å².